The summed E-state index contributed by atoms with van der Waals surface area (Å²) in [7, 11) is 0. The monoisotopic (exact) mass is 339 g/mol. The van der Waals surface area contributed by atoms with E-state index in [1.165, 1.54) is 11.8 Å². The molecule has 0 aliphatic rings. The second-order valence-corrected chi connectivity index (χ2v) is 5.56. The molecule has 0 saturated carbocycles. The molecule has 0 saturated heterocycles. The molecule has 0 atom stereocenters. The Balaban J connectivity index is 1.96. The van der Waals surface area contributed by atoms with Gasteiger partial charge in [0.15, 0.2) is 33.2 Å². The van der Waals surface area contributed by atoms with E-state index in [9.17, 15) is 8.78 Å². The molecular weight excluding hydrogens is 332 g/mol. The van der Waals surface area contributed by atoms with Gasteiger partial charge in [0, 0.05) is 18.3 Å². The number of phenolic OH excluding ortho intramolecular Hbond substituents is 1. The molecule has 0 fully saturated rings. The van der Waals surface area contributed by atoms with Crippen LogP contribution in [0.2, 0.25) is 0 Å². The molecule has 0 bridgehead atoms. The predicted octanol–water partition coefficient (Wildman–Crippen LogP) is 4.21. The summed E-state index contributed by atoms with van der Waals surface area (Å²) < 4.78 is 30.6. The van der Waals surface area contributed by atoms with Crippen molar-refractivity contribution in [1.82, 2.24) is 14.3 Å². The SMILES string of the molecule is CSc1ncc2c(/N=N/c3cc(F)c(O)c(F)c3)snc2n1. The fourth-order valence-corrected chi connectivity index (χ4v) is 2.56. The van der Waals surface area contributed by atoms with Crippen LogP contribution in [0, 0.1) is 11.6 Å². The molecule has 0 aliphatic heterocycles. The van der Waals surface area contributed by atoms with Gasteiger partial charge in [-0.2, -0.15) is 4.37 Å². The first-order valence-corrected chi connectivity index (χ1v) is 7.84. The number of fused-ring (bicyclic) bond motifs is 1. The largest absolute Gasteiger partial charge is 0.503 e. The minimum atomic E-state index is -1.10. The predicted molar refractivity (Wildman–Crippen MR) is 79.2 cm³/mol. The van der Waals surface area contributed by atoms with Crippen LogP contribution in [0.3, 0.4) is 0 Å². The third-order valence-electron chi connectivity index (χ3n) is 2.64. The number of aromatic nitrogens is 3. The number of aromatic hydroxyl groups is 1. The van der Waals surface area contributed by atoms with Crippen LogP contribution < -0.4 is 0 Å². The number of phenols is 1. The summed E-state index contributed by atoms with van der Waals surface area (Å²) in [4.78, 5) is 8.32. The molecular formula is C12H7F2N5OS2. The molecule has 0 radical (unpaired) electrons. The van der Waals surface area contributed by atoms with Crippen LogP contribution in [0.4, 0.5) is 19.5 Å². The number of hydrogen-bond donors (Lipinski definition) is 1. The first-order valence-electron chi connectivity index (χ1n) is 5.84. The Bertz CT molecular complexity index is 860. The van der Waals surface area contributed by atoms with E-state index in [0.717, 1.165) is 23.7 Å². The number of benzene rings is 1. The summed E-state index contributed by atoms with van der Waals surface area (Å²) in [6.45, 7) is 0. The highest BCUT2D eigenvalue weighted by Gasteiger charge is 2.11. The molecule has 1 aromatic carbocycles. The molecule has 3 aromatic rings. The normalized spacial score (nSPS) is 11.6. The Morgan fingerprint density at radius 3 is 2.64 bits per heavy atom. The number of halogens is 2. The second kappa shape index (κ2) is 5.89. The average Bonchev–Trinajstić information content (AvgIpc) is 2.92. The Labute approximate surface area is 131 Å². The van der Waals surface area contributed by atoms with Gasteiger partial charge in [0.1, 0.15) is 0 Å². The maximum atomic E-state index is 13.2. The van der Waals surface area contributed by atoms with Gasteiger partial charge in [-0.3, -0.25) is 0 Å². The molecule has 22 heavy (non-hydrogen) atoms. The highest BCUT2D eigenvalue weighted by molar-refractivity contribution is 7.98. The van der Waals surface area contributed by atoms with Crippen LogP contribution in [0.5, 0.6) is 5.75 Å². The quantitative estimate of drug-likeness (QED) is 0.439. The van der Waals surface area contributed by atoms with Crippen molar-refractivity contribution in [2.45, 2.75) is 5.16 Å². The number of thioether (sulfide) groups is 1. The van der Waals surface area contributed by atoms with Gasteiger partial charge in [-0.15, -0.1) is 10.2 Å². The fraction of sp³-hybridized carbons (Fsp3) is 0.0833. The zero-order valence-corrected chi connectivity index (χ0v) is 12.6. The second-order valence-electron chi connectivity index (χ2n) is 4.04. The smallest absolute Gasteiger partial charge is 0.189 e. The van der Waals surface area contributed by atoms with Crippen LogP contribution in [0.1, 0.15) is 0 Å². The van der Waals surface area contributed by atoms with Crippen LogP contribution in [-0.4, -0.2) is 25.7 Å². The van der Waals surface area contributed by atoms with Crippen molar-refractivity contribution in [2.75, 3.05) is 6.26 Å². The number of hydrogen-bond acceptors (Lipinski definition) is 8. The molecule has 0 aliphatic carbocycles. The van der Waals surface area contributed by atoms with Crippen molar-refractivity contribution in [3.05, 3.63) is 30.0 Å². The standard InChI is InChI=1S/C12H7F2N5OS2/c1-21-12-15-4-6-10(16-12)19-22-11(6)18-17-5-2-7(13)9(20)8(14)3-5/h2-4,20H,1H3/b18-17+. The molecule has 2 aromatic heterocycles. The number of azo groups is 1. The molecule has 2 heterocycles. The third-order valence-corrected chi connectivity index (χ3v) is 3.94. The minimum absolute atomic E-state index is 0.0593. The third kappa shape index (κ3) is 2.74. The zero-order valence-electron chi connectivity index (χ0n) is 11.0. The lowest BCUT2D eigenvalue weighted by atomic mass is 10.3. The summed E-state index contributed by atoms with van der Waals surface area (Å²) in [5.41, 5.74) is 0.428. The van der Waals surface area contributed by atoms with Crippen molar-refractivity contribution in [3.63, 3.8) is 0 Å². The summed E-state index contributed by atoms with van der Waals surface area (Å²) in [6, 6.07) is 1.76. The van der Waals surface area contributed by atoms with Gasteiger partial charge in [0.05, 0.1) is 11.1 Å². The van der Waals surface area contributed by atoms with Gasteiger partial charge in [-0.1, -0.05) is 11.8 Å². The lowest BCUT2D eigenvalue weighted by Crippen LogP contribution is -1.84. The van der Waals surface area contributed by atoms with E-state index in [2.05, 4.69) is 24.6 Å². The van der Waals surface area contributed by atoms with E-state index in [4.69, 9.17) is 5.11 Å². The van der Waals surface area contributed by atoms with E-state index >= 15 is 0 Å². The van der Waals surface area contributed by atoms with Gasteiger partial charge in [0.2, 0.25) is 0 Å². The van der Waals surface area contributed by atoms with Gasteiger partial charge in [0.25, 0.3) is 0 Å². The Hall–Kier alpha value is -2.20. The molecule has 1 N–H and O–H groups in total. The van der Waals surface area contributed by atoms with Crippen LogP contribution in [0.15, 0.2) is 33.7 Å². The van der Waals surface area contributed by atoms with Crippen molar-refractivity contribution in [3.8, 4) is 5.75 Å². The van der Waals surface area contributed by atoms with Crippen LogP contribution in [-0.2, 0) is 0 Å². The van der Waals surface area contributed by atoms with Crippen molar-refractivity contribution in [1.29, 1.82) is 0 Å². The first-order chi connectivity index (χ1) is 10.6. The molecule has 0 amide bonds. The molecule has 10 heteroatoms. The van der Waals surface area contributed by atoms with E-state index < -0.39 is 17.4 Å². The molecule has 112 valence electrons. The average molecular weight is 339 g/mol. The van der Waals surface area contributed by atoms with E-state index in [0.29, 0.717) is 21.2 Å². The summed E-state index contributed by atoms with van der Waals surface area (Å²) in [6.07, 6.45) is 3.42. The zero-order chi connectivity index (χ0) is 15.7. The van der Waals surface area contributed by atoms with Gasteiger partial charge < -0.3 is 5.11 Å². The lowest BCUT2D eigenvalue weighted by Gasteiger charge is -1.98. The van der Waals surface area contributed by atoms with Crippen molar-refractivity contribution < 1.29 is 13.9 Å². The number of nitrogens with zero attached hydrogens (tertiary/aromatic N) is 5. The first kappa shape index (κ1) is 14.7. The van der Waals surface area contributed by atoms with Crippen LogP contribution in [0.25, 0.3) is 11.0 Å². The molecule has 6 nitrogen and oxygen atoms in total. The lowest BCUT2D eigenvalue weighted by molar-refractivity contribution is 0.396. The van der Waals surface area contributed by atoms with E-state index in [1.807, 2.05) is 6.26 Å². The topological polar surface area (TPSA) is 83.6 Å². The molecule has 3 rings (SSSR count). The summed E-state index contributed by atoms with van der Waals surface area (Å²) in [5, 5.41) is 18.3. The highest BCUT2D eigenvalue weighted by Crippen LogP contribution is 2.32. The minimum Gasteiger partial charge on any atom is -0.503 e. The Morgan fingerprint density at radius 1 is 1.23 bits per heavy atom. The van der Waals surface area contributed by atoms with Crippen LogP contribution >= 0.6 is 23.3 Å². The van der Waals surface area contributed by atoms with Crippen molar-refractivity contribution in [2.24, 2.45) is 10.2 Å². The molecule has 0 unspecified atom stereocenters. The Kier molecular flexibility index (Phi) is 3.94. The Morgan fingerprint density at radius 2 is 1.95 bits per heavy atom. The summed E-state index contributed by atoms with van der Waals surface area (Å²) >= 11 is 2.44. The maximum absolute atomic E-state index is 13.2. The van der Waals surface area contributed by atoms with Crippen molar-refractivity contribution >= 4 is 45.0 Å². The summed E-state index contributed by atoms with van der Waals surface area (Å²) in [5.74, 6) is -3.24. The van der Waals surface area contributed by atoms with Gasteiger partial charge >= 0.3 is 0 Å². The van der Waals surface area contributed by atoms with Gasteiger partial charge in [-0.25, -0.2) is 18.7 Å². The molecule has 0 spiro atoms. The van der Waals surface area contributed by atoms with E-state index in [1.54, 1.807) is 6.20 Å². The van der Waals surface area contributed by atoms with E-state index in [-0.39, 0.29) is 5.69 Å². The number of rotatable bonds is 3. The fourth-order valence-electron chi connectivity index (χ4n) is 1.60. The van der Waals surface area contributed by atoms with Gasteiger partial charge in [-0.05, 0) is 17.8 Å². The highest BCUT2D eigenvalue weighted by atomic mass is 32.2. The maximum Gasteiger partial charge on any atom is 0.189 e.